The van der Waals surface area contributed by atoms with E-state index in [-0.39, 0.29) is 0 Å². The molecular weight excluding hydrogens is 196 g/mol. The molecule has 0 atom stereocenters. The highest BCUT2D eigenvalue weighted by Gasteiger charge is 2.05. The summed E-state index contributed by atoms with van der Waals surface area (Å²) in [6, 6.07) is 0. The van der Waals surface area contributed by atoms with Gasteiger partial charge in [0, 0.05) is 26.6 Å². The quantitative estimate of drug-likeness (QED) is 0.347. The average Bonchev–Trinajstić information content (AvgIpc) is 2.21. The molecule has 0 aliphatic heterocycles. The highest BCUT2D eigenvalue weighted by molar-refractivity contribution is 5.83. The van der Waals surface area contributed by atoms with Crippen molar-refractivity contribution in [1.82, 2.24) is 4.90 Å². The molecule has 0 bridgehead atoms. The monoisotopic (exact) mass is 226 g/mol. The van der Waals surface area contributed by atoms with Crippen molar-refractivity contribution in [3.63, 3.8) is 0 Å². The first-order chi connectivity index (χ1) is 7.59. The lowest BCUT2D eigenvalue weighted by Crippen LogP contribution is -2.27. The number of amidine groups is 1. The summed E-state index contributed by atoms with van der Waals surface area (Å²) in [6.45, 7) is 7.67. The van der Waals surface area contributed by atoms with Gasteiger partial charge in [-0.2, -0.15) is 0 Å². The standard InChI is InChI=1S/C14H30N2/c1-6-7-8-9-10-11-12-15-14(13(2)3)16(4)5/h13H,6-12H2,1-5H3. The van der Waals surface area contributed by atoms with E-state index in [0.717, 1.165) is 6.54 Å². The Labute approximate surface area is 102 Å². The molecule has 0 rings (SSSR count). The fraction of sp³-hybridized carbons (Fsp3) is 0.929. The van der Waals surface area contributed by atoms with Gasteiger partial charge in [-0.25, -0.2) is 0 Å². The fourth-order valence-electron chi connectivity index (χ4n) is 1.93. The van der Waals surface area contributed by atoms with Crippen LogP contribution in [0.5, 0.6) is 0 Å². The molecule has 0 fully saturated rings. The Hall–Kier alpha value is -0.530. The molecule has 2 nitrogen and oxygen atoms in total. The highest BCUT2D eigenvalue weighted by Crippen LogP contribution is 2.06. The second-order valence-electron chi connectivity index (χ2n) is 5.06. The van der Waals surface area contributed by atoms with Gasteiger partial charge in [0.1, 0.15) is 5.84 Å². The Kier molecular flexibility index (Phi) is 9.36. The fourth-order valence-corrected chi connectivity index (χ4v) is 1.93. The second kappa shape index (κ2) is 9.68. The van der Waals surface area contributed by atoms with Crippen LogP contribution < -0.4 is 0 Å². The van der Waals surface area contributed by atoms with Gasteiger partial charge in [-0.05, 0) is 6.42 Å². The van der Waals surface area contributed by atoms with Crippen molar-refractivity contribution in [3.05, 3.63) is 0 Å². The molecule has 0 spiro atoms. The van der Waals surface area contributed by atoms with Crippen LogP contribution in [0.25, 0.3) is 0 Å². The number of aliphatic imine (C=N–C) groups is 1. The molecule has 0 heterocycles. The molecule has 0 saturated carbocycles. The minimum atomic E-state index is 0.537. The molecule has 16 heavy (non-hydrogen) atoms. The van der Waals surface area contributed by atoms with E-state index in [1.807, 2.05) is 0 Å². The Bertz CT molecular complexity index is 173. The van der Waals surface area contributed by atoms with E-state index in [1.54, 1.807) is 0 Å². The van der Waals surface area contributed by atoms with Crippen LogP contribution in [0.4, 0.5) is 0 Å². The molecular formula is C14H30N2. The highest BCUT2D eigenvalue weighted by atomic mass is 15.1. The summed E-state index contributed by atoms with van der Waals surface area (Å²) in [5, 5.41) is 0. The van der Waals surface area contributed by atoms with Crippen LogP contribution in [-0.2, 0) is 0 Å². The van der Waals surface area contributed by atoms with Crippen LogP contribution in [0.2, 0.25) is 0 Å². The zero-order valence-corrected chi connectivity index (χ0v) is 11.9. The topological polar surface area (TPSA) is 15.6 Å². The predicted molar refractivity (Wildman–Crippen MR) is 74.2 cm³/mol. The van der Waals surface area contributed by atoms with Gasteiger partial charge < -0.3 is 4.90 Å². The van der Waals surface area contributed by atoms with Crippen molar-refractivity contribution in [2.45, 2.75) is 59.3 Å². The van der Waals surface area contributed by atoms with Gasteiger partial charge in [0.25, 0.3) is 0 Å². The molecule has 0 aliphatic carbocycles. The van der Waals surface area contributed by atoms with E-state index in [4.69, 9.17) is 0 Å². The van der Waals surface area contributed by atoms with Crippen molar-refractivity contribution < 1.29 is 0 Å². The largest absolute Gasteiger partial charge is 0.366 e. The first-order valence-electron chi connectivity index (χ1n) is 6.81. The third kappa shape index (κ3) is 7.72. The number of hydrogen-bond donors (Lipinski definition) is 0. The lowest BCUT2D eigenvalue weighted by atomic mass is 10.1. The average molecular weight is 226 g/mol. The normalized spacial score (nSPS) is 12.2. The lowest BCUT2D eigenvalue weighted by molar-refractivity contribution is 0.563. The summed E-state index contributed by atoms with van der Waals surface area (Å²) in [5.74, 6) is 1.77. The van der Waals surface area contributed by atoms with Crippen LogP contribution in [-0.4, -0.2) is 31.4 Å². The molecule has 0 N–H and O–H groups in total. The number of unbranched alkanes of at least 4 members (excludes halogenated alkanes) is 5. The molecule has 0 saturated heterocycles. The molecule has 0 radical (unpaired) electrons. The summed E-state index contributed by atoms with van der Waals surface area (Å²) in [7, 11) is 4.17. The van der Waals surface area contributed by atoms with E-state index >= 15 is 0 Å². The first-order valence-corrected chi connectivity index (χ1v) is 6.81. The van der Waals surface area contributed by atoms with Crippen LogP contribution >= 0.6 is 0 Å². The van der Waals surface area contributed by atoms with Gasteiger partial charge in [-0.15, -0.1) is 0 Å². The van der Waals surface area contributed by atoms with Crippen molar-refractivity contribution in [3.8, 4) is 0 Å². The molecule has 96 valence electrons. The van der Waals surface area contributed by atoms with Gasteiger partial charge in [-0.3, -0.25) is 4.99 Å². The molecule has 0 unspecified atom stereocenters. The van der Waals surface area contributed by atoms with Crippen molar-refractivity contribution in [2.75, 3.05) is 20.6 Å². The molecule has 0 aliphatic rings. The van der Waals surface area contributed by atoms with Crippen LogP contribution in [0.3, 0.4) is 0 Å². The second-order valence-corrected chi connectivity index (χ2v) is 5.06. The molecule has 0 amide bonds. The Morgan fingerprint density at radius 1 is 1.00 bits per heavy atom. The van der Waals surface area contributed by atoms with Crippen molar-refractivity contribution >= 4 is 5.84 Å². The van der Waals surface area contributed by atoms with Gasteiger partial charge >= 0.3 is 0 Å². The maximum absolute atomic E-state index is 4.68. The third-order valence-electron chi connectivity index (χ3n) is 2.76. The number of hydrogen-bond acceptors (Lipinski definition) is 1. The summed E-state index contributed by atoms with van der Waals surface area (Å²) in [6.07, 6.45) is 8.07. The zero-order valence-electron chi connectivity index (χ0n) is 11.9. The maximum Gasteiger partial charge on any atom is 0.101 e. The van der Waals surface area contributed by atoms with Crippen molar-refractivity contribution in [1.29, 1.82) is 0 Å². The summed E-state index contributed by atoms with van der Waals surface area (Å²) in [5.41, 5.74) is 0. The van der Waals surface area contributed by atoms with Crippen LogP contribution in [0, 0.1) is 5.92 Å². The van der Waals surface area contributed by atoms with Gasteiger partial charge in [0.05, 0.1) is 0 Å². The summed E-state index contributed by atoms with van der Waals surface area (Å²) >= 11 is 0. The Balaban J connectivity index is 3.63. The van der Waals surface area contributed by atoms with E-state index in [2.05, 4.69) is 44.8 Å². The smallest absolute Gasteiger partial charge is 0.101 e. The number of nitrogens with zero attached hydrogens (tertiary/aromatic N) is 2. The lowest BCUT2D eigenvalue weighted by Gasteiger charge is -2.19. The summed E-state index contributed by atoms with van der Waals surface area (Å²) < 4.78 is 0. The molecule has 0 aromatic heterocycles. The molecule has 0 aromatic rings. The van der Waals surface area contributed by atoms with Gasteiger partial charge in [0.2, 0.25) is 0 Å². The van der Waals surface area contributed by atoms with Gasteiger partial charge in [-0.1, -0.05) is 52.9 Å². The SMILES string of the molecule is CCCCCCCCN=C(C(C)C)N(C)C. The number of rotatable bonds is 8. The molecule has 2 heteroatoms. The predicted octanol–water partition coefficient (Wildman–Crippen LogP) is 3.96. The van der Waals surface area contributed by atoms with E-state index in [1.165, 1.54) is 44.4 Å². The van der Waals surface area contributed by atoms with Crippen LogP contribution in [0.15, 0.2) is 4.99 Å². The minimum Gasteiger partial charge on any atom is -0.366 e. The van der Waals surface area contributed by atoms with E-state index in [9.17, 15) is 0 Å². The zero-order chi connectivity index (χ0) is 12.4. The van der Waals surface area contributed by atoms with Crippen LogP contribution in [0.1, 0.15) is 59.3 Å². The summed E-state index contributed by atoms with van der Waals surface area (Å²) in [4.78, 5) is 6.82. The Morgan fingerprint density at radius 3 is 2.06 bits per heavy atom. The maximum atomic E-state index is 4.68. The first kappa shape index (κ1) is 15.5. The third-order valence-corrected chi connectivity index (χ3v) is 2.76. The molecule has 0 aromatic carbocycles. The van der Waals surface area contributed by atoms with Gasteiger partial charge in [0.15, 0.2) is 0 Å². The van der Waals surface area contributed by atoms with Crippen molar-refractivity contribution in [2.24, 2.45) is 10.9 Å². The van der Waals surface area contributed by atoms with E-state index < -0.39 is 0 Å². The van der Waals surface area contributed by atoms with E-state index in [0.29, 0.717) is 5.92 Å². The minimum absolute atomic E-state index is 0.537. The Morgan fingerprint density at radius 2 is 1.56 bits per heavy atom.